The fraction of sp³-hybridized carbons (Fsp3) is 0. The Kier molecular flexibility index (Phi) is 3.59. The first kappa shape index (κ1) is 14.2. The molecule has 0 spiro atoms. The first-order valence-corrected chi connectivity index (χ1v) is 7.41. The van der Waals surface area contributed by atoms with Crippen molar-refractivity contribution in [1.29, 1.82) is 0 Å². The number of nitrogens with zero attached hydrogens (tertiary/aromatic N) is 1. The Morgan fingerprint density at radius 3 is 2.40 bits per heavy atom. The molecule has 0 aliphatic heterocycles. The van der Waals surface area contributed by atoms with Crippen LogP contribution in [0.1, 0.15) is 0 Å². The highest BCUT2D eigenvalue weighted by atomic mass is 32.2. The van der Waals surface area contributed by atoms with E-state index in [4.69, 9.17) is 5.73 Å². The highest BCUT2D eigenvalue weighted by molar-refractivity contribution is 7.94. The molecule has 0 saturated carbocycles. The van der Waals surface area contributed by atoms with E-state index in [9.17, 15) is 22.9 Å². The molecule has 1 aromatic heterocycles. The predicted octanol–water partition coefficient (Wildman–Crippen LogP) is 2.18. The van der Waals surface area contributed by atoms with Crippen LogP contribution in [0.3, 0.4) is 0 Å². The number of nitrogens with one attached hydrogen (secondary N) is 1. The van der Waals surface area contributed by atoms with Crippen LogP contribution in [0.2, 0.25) is 0 Å². The monoisotopic (exact) mass is 317 g/mol. The van der Waals surface area contributed by atoms with Crippen molar-refractivity contribution >= 4 is 37.7 Å². The summed E-state index contributed by atoms with van der Waals surface area (Å²) in [5, 5.41) is 10.4. The molecule has 106 valence electrons. The zero-order valence-electron chi connectivity index (χ0n) is 9.74. The van der Waals surface area contributed by atoms with Crippen LogP contribution in [0.15, 0.2) is 34.5 Å². The predicted molar refractivity (Wildman–Crippen MR) is 72.6 cm³/mol. The Morgan fingerprint density at radius 1 is 1.30 bits per heavy atom. The number of sulfonamides is 1. The Hall–Kier alpha value is -2.20. The maximum absolute atomic E-state index is 12.7. The van der Waals surface area contributed by atoms with Gasteiger partial charge in [0.25, 0.3) is 10.0 Å². The van der Waals surface area contributed by atoms with Gasteiger partial charge in [-0.05, 0) is 24.3 Å². The number of halogens is 1. The van der Waals surface area contributed by atoms with Crippen molar-refractivity contribution in [3.05, 3.63) is 46.3 Å². The number of nitro groups is 1. The summed E-state index contributed by atoms with van der Waals surface area (Å²) in [6.45, 7) is 0. The molecule has 7 nitrogen and oxygen atoms in total. The third-order valence-electron chi connectivity index (χ3n) is 2.28. The third kappa shape index (κ3) is 2.86. The Morgan fingerprint density at radius 2 is 1.90 bits per heavy atom. The largest absolute Gasteiger partial charge is 0.385 e. The van der Waals surface area contributed by atoms with Crippen LogP contribution >= 0.6 is 11.3 Å². The zero-order valence-corrected chi connectivity index (χ0v) is 11.4. The van der Waals surface area contributed by atoms with Crippen LogP contribution in [0.5, 0.6) is 0 Å². The topological polar surface area (TPSA) is 115 Å². The standard InChI is InChI=1S/C10H8FN3O4S2/c11-6-1-3-7(4-2-6)13-20(17,18)9-5-8(14(15)16)10(12)19-9/h1-5,13H,12H2. The molecule has 0 unspecified atom stereocenters. The summed E-state index contributed by atoms with van der Waals surface area (Å²) in [7, 11) is -4.00. The normalized spacial score (nSPS) is 11.2. The van der Waals surface area contributed by atoms with Crippen LogP contribution in [-0.4, -0.2) is 13.3 Å². The van der Waals surface area contributed by atoms with E-state index in [1.807, 2.05) is 0 Å². The first-order chi connectivity index (χ1) is 9.29. The first-order valence-electron chi connectivity index (χ1n) is 5.11. The molecule has 1 aromatic carbocycles. The smallest absolute Gasteiger partial charge is 0.304 e. The summed E-state index contributed by atoms with van der Waals surface area (Å²) in [6.07, 6.45) is 0. The lowest BCUT2D eigenvalue weighted by Gasteiger charge is -2.05. The van der Waals surface area contributed by atoms with E-state index in [1.165, 1.54) is 12.1 Å². The highest BCUT2D eigenvalue weighted by Gasteiger charge is 2.24. The van der Waals surface area contributed by atoms with Crippen LogP contribution in [0, 0.1) is 15.9 Å². The molecule has 2 aromatic rings. The van der Waals surface area contributed by atoms with Gasteiger partial charge in [0, 0.05) is 11.8 Å². The lowest BCUT2D eigenvalue weighted by atomic mass is 10.3. The molecule has 0 radical (unpaired) electrons. The van der Waals surface area contributed by atoms with Crippen molar-refractivity contribution in [3.63, 3.8) is 0 Å². The van der Waals surface area contributed by atoms with Crippen molar-refractivity contribution in [2.24, 2.45) is 0 Å². The summed E-state index contributed by atoms with van der Waals surface area (Å²) >= 11 is 0.584. The lowest BCUT2D eigenvalue weighted by Crippen LogP contribution is -2.11. The van der Waals surface area contributed by atoms with Gasteiger partial charge >= 0.3 is 5.69 Å². The third-order valence-corrected chi connectivity index (χ3v) is 5.08. The molecule has 10 heteroatoms. The van der Waals surface area contributed by atoms with E-state index in [2.05, 4.69) is 4.72 Å². The van der Waals surface area contributed by atoms with Crippen molar-refractivity contribution < 1.29 is 17.7 Å². The maximum atomic E-state index is 12.7. The van der Waals surface area contributed by atoms with Gasteiger partial charge in [0.05, 0.1) is 4.92 Å². The molecule has 1 heterocycles. The lowest BCUT2D eigenvalue weighted by molar-refractivity contribution is -0.383. The molecule has 2 rings (SSSR count). The van der Waals surface area contributed by atoms with Gasteiger partial charge in [-0.25, -0.2) is 12.8 Å². The number of rotatable bonds is 4. The number of hydrogen-bond acceptors (Lipinski definition) is 6. The molecule has 0 atom stereocenters. The molecule has 0 aliphatic carbocycles. The molecular weight excluding hydrogens is 309 g/mol. The number of benzene rings is 1. The van der Waals surface area contributed by atoms with E-state index in [1.54, 1.807) is 0 Å². The fourth-order valence-corrected chi connectivity index (χ4v) is 3.64. The van der Waals surface area contributed by atoms with Gasteiger partial charge in [-0.2, -0.15) is 0 Å². The number of nitrogens with two attached hydrogens (primary N) is 1. The zero-order chi connectivity index (χ0) is 14.9. The number of hydrogen-bond donors (Lipinski definition) is 2. The maximum Gasteiger partial charge on any atom is 0.304 e. The number of anilines is 2. The molecule has 0 aliphatic rings. The van der Waals surface area contributed by atoms with E-state index < -0.39 is 26.5 Å². The van der Waals surface area contributed by atoms with Crippen LogP contribution in [-0.2, 0) is 10.0 Å². The van der Waals surface area contributed by atoms with Crippen molar-refractivity contribution in [2.75, 3.05) is 10.5 Å². The molecular formula is C10H8FN3O4S2. The van der Waals surface area contributed by atoms with E-state index in [0.29, 0.717) is 11.3 Å². The summed E-state index contributed by atoms with van der Waals surface area (Å²) in [4.78, 5) is 9.87. The number of nitrogen functional groups attached to an aromatic ring is 1. The summed E-state index contributed by atoms with van der Waals surface area (Å²) in [6, 6.07) is 5.52. The van der Waals surface area contributed by atoms with Gasteiger partial charge < -0.3 is 5.73 Å². The Bertz CT molecular complexity index is 755. The molecule has 20 heavy (non-hydrogen) atoms. The van der Waals surface area contributed by atoms with Gasteiger partial charge in [-0.3, -0.25) is 14.8 Å². The van der Waals surface area contributed by atoms with Gasteiger partial charge in [-0.1, -0.05) is 11.3 Å². The minimum Gasteiger partial charge on any atom is -0.385 e. The summed E-state index contributed by atoms with van der Waals surface area (Å²) < 4.78 is 38.6. The minimum absolute atomic E-state index is 0.140. The molecule has 0 fully saturated rings. The van der Waals surface area contributed by atoms with Crippen molar-refractivity contribution in [1.82, 2.24) is 0 Å². The van der Waals surface area contributed by atoms with Crippen LogP contribution in [0.25, 0.3) is 0 Å². The summed E-state index contributed by atoms with van der Waals surface area (Å²) in [5.74, 6) is -0.510. The summed E-state index contributed by atoms with van der Waals surface area (Å²) in [5.41, 5.74) is 5.06. The Balaban J connectivity index is 2.33. The second-order valence-corrected chi connectivity index (χ2v) is 6.68. The van der Waals surface area contributed by atoms with E-state index >= 15 is 0 Å². The highest BCUT2D eigenvalue weighted by Crippen LogP contribution is 2.35. The van der Waals surface area contributed by atoms with Gasteiger partial charge in [0.2, 0.25) is 0 Å². The number of thiophene rings is 1. The average Bonchev–Trinajstić information content (AvgIpc) is 2.75. The second-order valence-electron chi connectivity index (χ2n) is 3.68. The molecule has 3 N–H and O–H groups in total. The van der Waals surface area contributed by atoms with Crippen LogP contribution in [0.4, 0.5) is 20.8 Å². The molecule has 0 amide bonds. The average molecular weight is 317 g/mol. The van der Waals surface area contributed by atoms with Crippen molar-refractivity contribution in [3.8, 4) is 0 Å². The van der Waals surface area contributed by atoms with E-state index in [0.717, 1.165) is 18.2 Å². The van der Waals surface area contributed by atoms with E-state index in [-0.39, 0.29) is 14.9 Å². The quantitative estimate of drug-likeness (QED) is 0.662. The van der Waals surface area contributed by atoms with Crippen molar-refractivity contribution in [2.45, 2.75) is 4.21 Å². The minimum atomic E-state index is -4.00. The van der Waals surface area contributed by atoms with Gasteiger partial charge in [0.15, 0.2) is 5.00 Å². The Labute approximate surface area is 117 Å². The van der Waals surface area contributed by atoms with Gasteiger partial charge in [-0.15, -0.1) is 0 Å². The second kappa shape index (κ2) is 5.06. The SMILES string of the molecule is Nc1sc(S(=O)(=O)Nc2ccc(F)cc2)cc1[N+](=O)[O-]. The molecule has 0 bridgehead atoms. The molecule has 0 saturated heterocycles. The fourth-order valence-electron chi connectivity index (χ4n) is 1.37. The van der Waals surface area contributed by atoms with Crippen LogP contribution < -0.4 is 10.5 Å². The van der Waals surface area contributed by atoms with Gasteiger partial charge in [0.1, 0.15) is 10.0 Å².